The number of hydrogen-bond acceptors (Lipinski definition) is 3. The molecular weight excluding hydrogens is 208 g/mol. The molecule has 0 aliphatic carbocycles. The molecule has 0 aromatic heterocycles. The van der Waals surface area contributed by atoms with Gasteiger partial charge in [-0.2, -0.15) is 0 Å². The molecule has 5 heteroatoms. The van der Waals surface area contributed by atoms with Crippen LogP contribution in [0.1, 0.15) is 39.0 Å². The minimum Gasteiger partial charge on any atom is -0.331 e. The van der Waals surface area contributed by atoms with Crippen molar-refractivity contribution in [3.05, 3.63) is 0 Å². The van der Waals surface area contributed by atoms with Gasteiger partial charge in [0.25, 0.3) is 5.91 Å². The maximum absolute atomic E-state index is 11.8. The minimum absolute atomic E-state index is 0.0680. The highest BCUT2D eigenvalue weighted by Crippen LogP contribution is 2.18. The average molecular weight is 228 g/mol. The number of nitrogens with zero attached hydrogens (tertiary/aromatic N) is 1. The van der Waals surface area contributed by atoms with Gasteiger partial charge in [-0.1, -0.05) is 6.92 Å². The lowest BCUT2D eigenvalue weighted by Crippen LogP contribution is -2.51. The number of carbonyl (C=O) groups excluding carboxylic acids is 2. The van der Waals surface area contributed by atoms with Crippen LogP contribution in [0.25, 0.3) is 0 Å². The Morgan fingerprint density at radius 3 is 2.81 bits per heavy atom. The largest absolute Gasteiger partial charge is 0.331 e. The fourth-order valence-electron chi connectivity index (χ4n) is 2.03. The van der Waals surface area contributed by atoms with Crippen LogP contribution in [0.2, 0.25) is 0 Å². The monoisotopic (exact) mass is 228 g/mol. The molecule has 0 bridgehead atoms. The molecule has 1 aliphatic rings. The van der Waals surface area contributed by atoms with Crippen LogP contribution in [0, 0.1) is 0 Å². The molecule has 0 radical (unpaired) electrons. The summed E-state index contributed by atoms with van der Waals surface area (Å²) in [6, 6.07) is -0.354. The Bertz CT molecular complexity index is 230. The lowest BCUT2D eigenvalue weighted by molar-refractivity contribution is -0.147. The van der Waals surface area contributed by atoms with Crippen molar-refractivity contribution in [2.45, 2.75) is 45.1 Å². The molecule has 1 aliphatic heterocycles. The van der Waals surface area contributed by atoms with Crippen LogP contribution < -0.4 is 5.48 Å². The summed E-state index contributed by atoms with van der Waals surface area (Å²) in [5, 5.41) is 0. The highest BCUT2D eigenvalue weighted by Gasteiger charge is 2.31. The van der Waals surface area contributed by atoms with Gasteiger partial charge in [-0.15, -0.1) is 0 Å². The first-order chi connectivity index (χ1) is 7.70. The number of amides is 2. The van der Waals surface area contributed by atoms with Crippen molar-refractivity contribution in [2.24, 2.45) is 0 Å². The molecule has 5 nitrogen and oxygen atoms in total. The van der Waals surface area contributed by atoms with E-state index in [1.165, 1.54) is 7.11 Å². The lowest BCUT2D eigenvalue weighted by atomic mass is 10.0. The third-order valence-corrected chi connectivity index (χ3v) is 2.79. The van der Waals surface area contributed by atoms with Gasteiger partial charge < -0.3 is 4.90 Å². The van der Waals surface area contributed by atoms with E-state index < -0.39 is 0 Å². The number of rotatable bonds is 4. The van der Waals surface area contributed by atoms with Crippen molar-refractivity contribution in [1.29, 1.82) is 0 Å². The van der Waals surface area contributed by atoms with Crippen molar-refractivity contribution in [3.63, 3.8) is 0 Å². The number of carbonyl (C=O) groups is 2. The van der Waals surface area contributed by atoms with Crippen molar-refractivity contribution in [2.75, 3.05) is 13.7 Å². The quantitative estimate of drug-likeness (QED) is 0.725. The summed E-state index contributed by atoms with van der Waals surface area (Å²) in [6.45, 7) is 2.65. The molecule has 1 saturated heterocycles. The van der Waals surface area contributed by atoms with Crippen LogP contribution in [-0.2, 0) is 14.4 Å². The first kappa shape index (κ1) is 13.0. The second kappa shape index (κ2) is 6.48. The third kappa shape index (κ3) is 3.20. The van der Waals surface area contributed by atoms with Crippen LogP contribution in [0.15, 0.2) is 0 Å². The number of hydroxylamine groups is 1. The molecule has 1 rings (SSSR count). The molecule has 1 unspecified atom stereocenters. The number of nitrogens with one attached hydrogen (secondary N) is 1. The highest BCUT2D eigenvalue weighted by atomic mass is 16.6. The van der Waals surface area contributed by atoms with Gasteiger partial charge in [-0.25, -0.2) is 5.48 Å². The first-order valence-electron chi connectivity index (χ1n) is 5.83. The molecular formula is C11H20N2O3. The Labute approximate surface area is 96.1 Å². The zero-order chi connectivity index (χ0) is 12.0. The van der Waals surface area contributed by atoms with E-state index in [1.54, 1.807) is 4.90 Å². The lowest BCUT2D eigenvalue weighted by Gasteiger charge is -2.34. The van der Waals surface area contributed by atoms with E-state index in [4.69, 9.17) is 0 Å². The van der Waals surface area contributed by atoms with E-state index in [9.17, 15) is 9.59 Å². The van der Waals surface area contributed by atoms with E-state index in [0.29, 0.717) is 13.0 Å². The van der Waals surface area contributed by atoms with Gasteiger partial charge in [-0.05, 0) is 25.7 Å². The Kier molecular flexibility index (Phi) is 5.25. The molecule has 2 amide bonds. The van der Waals surface area contributed by atoms with Crippen molar-refractivity contribution >= 4 is 11.8 Å². The minimum atomic E-state index is -0.354. The zero-order valence-corrected chi connectivity index (χ0v) is 9.99. The standard InChI is InChI=1S/C11H20N2O3/c1-3-6-10(14)13-8-5-4-7-9(13)11(15)12-16-2/h9H,3-8H2,1-2H3,(H,12,15). The summed E-state index contributed by atoms with van der Waals surface area (Å²) >= 11 is 0. The molecule has 1 N–H and O–H groups in total. The SMILES string of the molecule is CCCC(=O)N1CCCCC1C(=O)NOC. The van der Waals surface area contributed by atoms with Gasteiger partial charge in [0.05, 0.1) is 7.11 Å². The second-order valence-electron chi connectivity index (χ2n) is 4.02. The van der Waals surface area contributed by atoms with E-state index in [-0.39, 0.29) is 17.9 Å². The van der Waals surface area contributed by atoms with Crippen LogP contribution in [-0.4, -0.2) is 36.4 Å². The summed E-state index contributed by atoms with van der Waals surface area (Å²) in [6.07, 6.45) is 4.01. The van der Waals surface area contributed by atoms with Gasteiger partial charge in [-0.3, -0.25) is 14.4 Å². The molecule has 16 heavy (non-hydrogen) atoms. The maximum Gasteiger partial charge on any atom is 0.266 e. The highest BCUT2D eigenvalue weighted by molar-refractivity contribution is 5.87. The second-order valence-corrected chi connectivity index (χ2v) is 4.02. The third-order valence-electron chi connectivity index (χ3n) is 2.79. The summed E-state index contributed by atoms with van der Waals surface area (Å²) in [5.74, 6) is -0.148. The normalized spacial score (nSPS) is 20.6. The van der Waals surface area contributed by atoms with Crippen LogP contribution in [0.4, 0.5) is 0 Å². The Morgan fingerprint density at radius 2 is 2.19 bits per heavy atom. The van der Waals surface area contributed by atoms with Gasteiger partial charge in [0.15, 0.2) is 0 Å². The van der Waals surface area contributed by atoms with Gasteiger partial charge in [0.2, 0.25) is 5.91 Å². The molecule has 92 valence electrons. The summed E-state index contributed by atoms with van der Waals surface area (Å²) < 4.78 is 0. The fraction of sp³-hybridized carbons (Fsp3) is 0.818. The molecule has 0 aromatic carbocycles. The van der Waals surface area contributed by atoms with Gasteiger partial charge >= 0.3 is 0 Å². The number of piperidine rings is 1. The predicted octanol–water partition coefficient (Wildman–Crippen LogP) is 0.845. The Morgan fingerprint density at radius 1 is 1.44 bits per heavy atom. The summed E-state index contributed by atoms with van der Waals surface area (Å²) in [7, 11) is 1.40. The van der Waals surface area contributed by atoms with Crippen molar-refractivity contribution < 1.29 is 14.4 Å². The topological polar surface area (TPSA) is 58.6 Å². The molecule has 0 saturated carbocycles. The van der Waals surface area contributed by atoms with E-state index >= 15 is 0 Å². The summed E-state index contributed by atoms with van der Waals surface area (Å²) in [4.78, 5) is 29.8. The Hall–Kier alpha value is -1.10. The molecule has 1 fully saturated rings. The van der Waals surface area contributed by atoms with E-state index in [0.717, 1.165) is 25.7 Å². The van der Waals surface area contributed by atoms with E-state index in [1.807, 2.05) is 6.92 Å². The summed E-state index contributed by atoms with van der Waals surface area (Å²) in [5.41, 5.74) is 2.31. The van der Waals surface area contributed by atoms with Crippen LogP contribution >= 0.6 is 0 Å². The number of likely N-dealkylation sites (tertiary alicyclic amines) is 1. The fourth-order valence-corrected chi connectivity index (χ4v) is 2.03. The first-order valence-corrected chi connectivity index (χ1v) is 5.83. The molecule has 1 heterocycles. The smallest absolute Gasteiger partial charge is 0.266 e. The predicted molar refractivity (Wildman–Crippen MR) is 59.4 cm³/mol. The molecule has 0 spiro atoms. The van der Waals surface area contributed by atoms with Crippen molar-refractivity contribution in [1.82, 2.24) is 10.4 Å². The Balaban J connectivity index is 2.63. The molecule has 0 aromatic rings. The van der Waals surface area contributed by atoms with Crippen LogP contribution in [0.5, 0.6) is 0 Å². The van der Waals surface area contributed by atoms with Gasteiger partial charge in [0.1, 0.15) is 6.04 Å². The maximum atomic E-state index is 11.8. The van der Waals surface area contributed by atoms with Crippen LogP contribution in [0.3, 0.4) is 0 Å². The molecule has 1 atom stereocenters. The number of hydrogen-bond donors (Lipinski definition) is 1. The zero-order valence-electron chi connectivity index (χ0n) is 9.99. The van der Waals surface area contributed by atoms with Gasteiger partial charge in [0, 0.05) is 13.0 Å². The average Bonchev–Trinajstić information content (AvgIpc) is 2.30. The van der Waals surface area contributed by atoms with E-state index in [2.05, 4.69) is 10.3 Å². The van der Waals surface area contributed by atoms with Crippen molar-refractivity contribution in [3.8, 4) is 0 Å².